The van der Waals surface area contributed by atoms with Crippen LogP contribution in [0.4, 0.5) is 5.69 Å². The van der Waals surface area contributed by atoms with E-state index in [9.17, 15) is 9.59 Å². The number of hydrogen-bond donors (Lipinski definition) is 0. The number of anilines is 1. The molecule has 0 saturated heterocycles. The van der Waals surface area contributed by atoms with Gasteiger partial charge in [0.1, 0.15) is 5.75 Å². The molecule has 0 unspecified atom stereocenters. The van der Waals surface area contributed by atoms with Gasteiger partial charge in [-0.05, 0) is 42.8 Å². The van der Waals surface area contributed by atoms with Gasteiger partial charge in [-0.25, -0.2) is 4.79 Å². The van der Waals surface area contributed by atoms with Crippen LogP contribution >= 0.6 is 0 Å². The van der Waals surface area contributed by atoms with Crippen LogP contribution < -0.4 is 9.64 Å². The number of aromatic nitrogens is 1. The number of esters is 1. The van der Waals surface area contributed by atoms with E-state index in [-0.39, 0.29) is 17.1 Å². The molecular weight excluding hydrogens is 332 g/mol. The van der Waals surface area contributed by atoms with Gasteiger partial charge in [0.2, 0.25) is 0 Å². The average Bonchev–Trinajstić information content (AvgIpc) is 2.92. The zero-order valence-corrected chi connectivity index (χ0v) is 14.7. The fourth-order valence-corrected chi connectivity index (χ4v) is 2.87. The van der Waals surface area contributed by atoms with E-state index in [2.05, 4.69) is 4.98 Å². The monoisotopic (exact) mass is 350 g/mol. The van der Waals surface area contributed by atoms with Crippen LogP contribution in [0.25, 0.3) is 6.08 Å². The number of benzene rings is 1. The zero-order chi connectivity index (χ0) is 18.7. The van der Waals surface area contributed by atoms with Gasteiger partial charge in [-0.2, -0.15) is 0 Å². The first-order chi connectivity index (χ1) is 12.6. The summed E-state index contributed by atoms with van der Waals surface area (Å²) in [7, 11) is 2.85. The highest BCUT2D eigenvalue weighted by atomic mass is 16.5. The van der Waals surface area contributed by atoms with Crippen LogP contribution in [-0.2, 0) is 14.3 Å². The van der Waals surface area contributed by atoms with E-state index >= 15 is 0 Å². The predicted molar refractivity (Wildman–Crippen MR) is 97.4 cm³/mol. The second-order valence-corrected chi connectivity index (χ2v) is 5.63. The van der Waals surface area contributed by atoms with Gasteiger partial charge >= 0.3 is 5.97 Å². The van der Waals surface area contributed by atoms with E-state index in [1.54, 1.807) is 68.9 Å². The number of methoxy groups -OCH3 is 2. The molecule has 1 aliphatic rings. The van der Waals surface area contributed by atoms with Crippen molar-refractivity contribution < 1.29 is 19.1 Å². The molecule has 1 aliphatic heterocycles. The Balaban J connectivity index is 2.13. The summed E-state index contributed by atoms with van der Waals surface area (Å²) in [5.74, 6) is -0.233. The molecule has 0 atom stereocenters. The molecule has 0 bridgehead atoms. The minimum absolute atomic E-state index is 0.247. The number of nitrogens with zero attached hydrogens (tertiary/aromatic N) is 2. The van der Waals surface area contributed by atoms with Crippen LogP contribution in [-0.4, -0.2) is 31.1 Å². The topological polar surface area (TPSA) is 68.7 Å². The molecule has 132 valence electrons. The second-order valence-electron chi connectivity index (χ2n) is 5.63. The van der Waals surface area contributed by atoms with Gasteiger partial charge in [0.15, 0.2) is 0 Å². The minimum Gasteiger partial charge on any atom is -0.497 e. The maximum absolute atomic E-state index is 13.1. The quantitative estimate of drug-likeness (QED) is 0.626. The SMILES string of the molecule is COC(=O)C1=C(C)N(c2cccc(OC)c2)C(=O)/C1=C\c1ccncc1. The molecule has 0 fully saturated rings. The average molecular weight is 350 g/mol. The van der Waals surface area contributed by atoms with Gasteiger partial charge in [0, 0.05) is 24.2 Å². The molecule has 0 N–H and O–H groups in total. The van der Waals surface area contributed by atoms with Crippen molar-refractivity contribution in [2.45, 2.75) is 6.92 Å². The molecule has 6 heteroatoms. The summed E-state index contributed by atoms with van der Waals surface area (Å²) < 4.78 is 10.1. The van der Waals surface area contributed by atoms with Crippen LogP contribution in [0.3, 0.4) is 0 Å². The third-order valence-corrected chi connectivity index (χ3v) is 4.12. The van der Waals surface area contributed by atoms with Crippen LogP contribution in [0.2, 0.25) is 0 Å². The Bertz CT molecular complexity index is 916. The normalized spacial score (nSPS) is 15.6. The lowest BCUT2D eigenvalue weighted by Crippen LogP contribution is -2.24. The van der Waals surface area contributed by atoms with E-state index < -0.39 is 5.97 Å². The number of amides is 1. The van der Waals surface area contributed by atoms with Gasteiger partial charge in [0.05, 0.1) is 31.1 Å². The summed E-state index contributed by atoms with van der Waals surface area (Å²) in [4.78, 5) is 30.9. The van der Waals surface area contributed by atoms with Gasteiger partial charge < -0.3 is 9.47 Å². The second kappa shape index (κ2) is 7.23. The standard InChI is InChI=1S/C20H18N2O4/c1-13-18(20(24)26-3)17(11-14-7-9-21-10-8-14)19(23)22(13)15-5-4-6-16(12-15)25-2/h4-12H,1-3H3/b17-11-. The maximum atomic E-state index is 13.1. The molecule has 1 amide bonds. The Hall–Kier alpha value is -3.41. The van der Waals surface area contributed by atoms with E-state index in [1.807, 2.05) is 0 Å². The molecule has 26 heavy (non-hydrogen) atoms. The van der Waals surface area contributed by atoms with E-state index in [0.717, 1.165) is 5.56 Å². The van der Waals surface area contributed by atoms with Crippen molar-refractivity contribution in [1.82, 2.24) is 4.98 Å². The number of hydrogen-bond acceptors (Lipinski definition) is 5. The van der Waals surface area contributed by atoms with Crippen molar-refractivity contribution in [2.24, 2.45) is 0 Å². The van der Waals surface area contributed by atoms with Gasteiger partial charge in [-0.1, -0.05) is 6.07 Å². The maximum Gasteiger partial charge on any atom is 0.340 e. The van der Waals surface area contributed by atoms with Crippen molar-refractivity contribution in [1.29, 1.82) is 0 Å². The van der Waals surface area contributed by atoms with E-state index in [1.165, 1.54) is 12.0 Å². The smallest absolute Gasteiger partial charge is 0.340 e. The Labute approximate surface area is 151 Å². The fraction of sp³-hybridized carbons (Fsp3) is 0.150. The summed E-state index contributed by atoms with van der Waals surface area (Å²) in [5.41, 5.74) is 2.42. The van der Waals surface area contributed by atoms with Gasteiger partial charge in [-0.15, -0.1) is 0 Å². The highest BCUT2D eigenvalue weighted by Crippen LogP contribution is 2.36. The highest BCUT2D eigenvalue weighted by molar-refractivity contribution is 6.23. The lowest BCUT2D eigenvalue weighted by molar-refractivity contribution is -0.136. The molecule has 0 radical (unpaired) electrons. The van der Waals surface area contributed by atoms with Crippen molar-refractivity contribution in [3.8, 4) is 5.75 Å². The van der Waals surface area contributed by atoms with Gasteiger partial charge in [-0.3, -0.25) is 14.7 Å². The van der Waals surface area contributed by atoms with Crippen LogP contribution in [0.15, 0.2) is 65.6 Å². The zero-order valence-electron chi connectivity index (χ0n) is 14.7. The Morgan fingerprint density at radius 3 is 2.54 bits per heavy atom. The molecule has 0 aliphatic carbocycles. The molecule has 3 rings (SSSR count). The number of rotatable bonds is 4. The fourth-order valence-electron chi connectivity index (χ4n) is 2.87. The number of pyridine rings is 1. The van der Waals surface area contributed by atoms with E-state index in [0.29, 0.717) is 17.1 Å². The van der Waals surface area contributed by atoms with Crippen molar-refractivity contribution in [3.05, 3.63) is 71.2 Å². The molecule has 0 spiro atoms. The van der Waals surface area contributed by atoms with Crippen LogP contribution in [0, 0.1) is 0 Å². The first-order valence-electron chi connectivity index (χ1n) is 7.96. The molecule has 1 aromatic heterocycles. The van der Waals surface area contributed by atoms with Crippen LogP contribution in [0.5, 0.6) is 5.75 Å². The van der Waals surface area contributed by atoms with Gasteiger partial charge in [0.25, 0.3) is 5.91 Å². The summed E-state index contributed by atoms with van der Waals surface area (Å²) in [5, 5.41) is 0. The molecule has 2 aromatic rings. The lowest BCUT2D eigenvalue weighted by Gasteiger charge is -2.18. The molecule has 2 heterocycles. The van der Waals surface area contributed by atoms with Crippen LogP contribution in [0.1, 0.15) is 12.5 Å². The summed E-state index contributed by atoms with van der Waals surface area (Å²) in [6.45, 7) is 1.72. The van der Waals surface area contributed by atoms with Crippen molar-refractivity contribution in [2.75, 3.05) is 19.1 Å². The summed E-state index contributed by atoms with van der Waals surface area (Å²) >= 11 is 0. The minimum atomic E-state index is -0.554. The summed E-state index contributed by atoms with van der Waals surface area (Å²) in [6.07, 6.45) is 4.92. The van der Waals surface area contributed by atoms with E-state index in [4.69, 9.17) is 9.47 Å². The number of allylic oxidation sites excluding steroid dienone is 1. The third-order valence-electron chi connectivity index (χ3n) is 4.12. The Kier molecular flexibility index (Phi) is 4.84. The lowest BCUT2D eigenvalue weighted by atomic mass is 10.0. The highest BCUT2D eigenvalue weighted by Gasteiger charge is 2.37. The Morgan fingerprint density at radius 1 is 1.15 bits per heavy atom. The largest absolute Gasteiger partial charge is 0.497 e. The molecule has 6 nitrogen and oxygen atoms in total. The third kappa shape index (κ3) is 3.09. The predicted octanol–water partition coefficient (Wildman–Crippen LogP) is 2.97. The molecule has 1 aromatic carbocycles. The first-order valence-corrected chi connectivity index (χ1v) is 7.96. The van der Waals surface area contributed by atoms with Crippen molar-refractivity contribution in [3.63, 3.8) is 0 Å². The summed E-state index contributed by atoms with van der Waals surface area (Å²) in [6, 6.07) is 10.6. The number of ether oxygens (including phenoxy) is 2. The number of carbonyl (C=O) groups is 2. The first kappa shape index (κ1) is 17.4. The number of carbonyl (C=O) groups excluding carboxylic acids is 2. The molecular formula is C20H18N2O4. The molecule has 0 saturated carbocycles. The van der Waals surface area contributed by atoms with Crippen molar-refractivity contribution >= 4 is 23.6 Å². The Morgan fingerprint density at radius 2 is 1.88 bits per heavy atom.